The van der Waals surface area contributed by atoms with E-state index in [1.54, 1.807) is 23.4 Å². The maximum absolute atomic E-state index is 15.1. The topological polar surface area (TPSA) is 92.3 Å². The second kappa shape index (κ2) is 8.75. The number of likely N-dealkylation sites (N-methyl/N-ethyl adjacent to an activating group) is 1. The summed E-state index contributed by atoms with van der Waals surface area (Å²) in [6.07, 6.45) is 4.07. The number of hydrogen-bond acceptors (Lipinski definition) is 7. The molecule has 0 aliphatic carbocycles. The number of nitrogens with one attached hydrogen (secondary N) is 2. The van der Waals surface area contributed by atoms with Crippen molar-refractivity contribution in [3.8, 4) is 17.0 Å². The predicted octanol–water partition coefficient (Wildman–Crippen LogP) is 4.63. The number of ether oxygens (including phenoxy) is 1. The van der Waals surface area contributed by atoms with Crippen LogP contribution in [0, 0.1) is 12.7 Å². The number of carbonyl (C=O) groups excluding carboxylic acids is 1. The summed E-state index contributed by atoms with van der Waals surface area (Å²) in [5.41, 5.74) is 5.18. The van der Waals surface area contributed by atoms with Crippen LogP contribution in [0.2, 0.25) is 0 Å². The highest BCUT2D eigenvalue weighted by Crippen LogP contribution is 2.37. The number of carbonyl (C=O) groups is 1. The van der Waals surface area contributed by atoms with Gasteiger partial charge in [-0.1, -0.05) is 12.1 Å². The van der Waals surface area contributed by atoms with Crippen molar-refractivity contribution in [3.05, 3.63) is 65.7 Å². The molecule has 1 amide bonds. The van der Waals surface area contributed by atoms with E-state index in [9.17, 15) is 4.79 Å². The van der Waals surface area contributed by atoms with Crippen LogP contribution in [0.15, 0.2) is 48.8 Å². The standard InChI is InChI=1S/C27H25FN6O2/c1-15-21(14-30-25-24(15)29-8-10-36-25)20-12-23-17(11-22(20)28)13-31-27(33-23)32-18-5-3-16(4-6-18)19-7-9-34(2)26(19)35/h3-6,11-14,19,29H,7-10H2,1-2H3,(H,31,32,33)/t19-/m0/s1. The summed E-state index contributed by atoms with van der Waals surface area (Å²) < 4.78 is 20.7. The number of nitrogens with zero attached hydrogens (tertiary/aromatic N) is 4. The van der Waals surface area contributed by atoms with Crippen LogP contribution in [0.25, 0.3) is 22.0 Å². The van der Waals surface area contributed by atoms with Crippen LogP contribution in [0.4, 0.5) is 21.7 Å². The lowest BCUT2D eigenvalue weighted by molar-refractivity contribution is -0.127. The molecule has 0 bridgehead atoms. The molecule has 1 fully saturated rings. The number of amides is 1. The average molecular weight is 485 g/mol. The van der Waals surface area contributed by atoms with E-state index < -0.39 is 0 Å². The van der Waals surface area contributed by atoms with Crippen molar-refractivity contribution in [1.29, 1.82) is 0 Å². The van der Waals surface area contributed by atoms with Crippen molar-refractivity contribution in [2.75, 3.05) is 37.4 Å². The SMILES string of the molecule is Cc1c(-c2cc3nc(Nc4ccc([C@@H]5CCN(C)C5=O)cc4)ncc3cc2F)cnc2c1NCCO2. The Morgan fingerprint density at radius 2 is 1.97 bits per heavy atom. The van der Waals surface area contributed by atoms with Crippen molar-refractivity contribution in [3.63, 3.8) is 0 Å². The van der Waals surface area contributed by atoms with E-state index in [2.05, 4.69) is 25.6 Å². The zero-order valence-corrected chi connectivity index (χ0v) is 20.0. The Labute approximate surface area is 207 Å². The molecule has 4 aromatic rings. The molecule has 2 aliphatic heterocycles. The Morgan fingerprint density at radius 1 is 1.14 bits per heavy atom. The van der Waals surface area contributed by atoms with E-state index in [-0.39, 0.29) is 17.6 Å². The van der Waals surface area contributed by atoms with Gasteiger partial charge < -0.3 is 20.3 Å². The smallest absolute Gasteiger partial charge is 0.237 e. The third kappa shape index (κ3) is 3.86. The van der Waals surface area contributed by atoms with Crippen LogP contribution in [0.3, 0.4) is 0 Å². The molecule has 2 aromatic heterocycles. The van der Waals surface area contributed by atoms with Gasteiger partial charge in [0.15, 0.2) is 0 Å². The first-order chi connectivity index (χ1) is 17.5. The van der Waals surface area contributed by atoms with Crippen LogP contribution in [0.1, 0.15) is 23.5 Å². The number of halogens is 1. The molecule has 0 spiro atoms. The maximum Gasteiger partial charge on any atom is 0.237 e. The number of aromatic nitrogens is 3. The second-order valence-corrected chi connectivity index (χ2v) is 9.18. The molecular formula is C27H25FN6O2. The molecule has 2 N–H and O–H groups in total. The molecule has 4 heterocycles. The zero-order valence-electron chi connectivity index (χ0n) is 20.0. The summed E-state index contributed by atoms with van der Waals surface area (Å²) in [5, 5.41) is 7.11. The molecule has 2 aromatic carbocycles. The summed E-state index contributed by atoms with van der Waals surface area (Å²) >= 11 is 0. The molecule has 0 saturated carbocycles. The molecule has 6 rings (SSSR count). The molecule has 9 heteroatoms. The highest BCUT2D eigenvalue weighted by atomic mass is 19.1. The lowest BCUT2D eigenvalue weighted by Crippen LogP contribution is -2.21. The van der Waals surface area contributed by atoms with Crippen molar-refractivity contribution in [1.82, 2.24) is 19.9 Å². The third-order valence-corrected chi connectivity index (χ3v) is 6.90. The van der Waals surface area contributed by atoms with Crippen LogP contribution in [0.5, 0.6) is 5.88 Å². The van der Waals surface area contributed by atoms with E-state index >= 15 is 4.39 Å². The van der Waals surface area contributed by atoms with Crippen LogP contribution >= 0.6 is 0 Å². The largest absolute Gasteiger partial charge is 0.474 e. The maximum atomic E-state index is 15.1. The van der Waals surface area contributed by atoms with Crippen molar-refractivity contribution in [2.45, 2.75) is 19.3 Å². The Hall–Kier alpha value is -4.27. The van der Waals surface area contributed by atoms with Crippen LogP contribution in [-0.2, 0) is 4.79 Å². The van der Waals surface area contributed by atoms with E-state index in [1.165, 1.54) is 6.07 Å². The Balaban J connectivity index is 1.29. The van der Waals surface area contributed by atoms with Gasteiger partial charge in [-0.2, -0.15) is 0 Å². The van der Waals surface area contributed by atoms with Gasteiger partial charge >= 0.3 is 0 Å². The summed E-state index contributed by atoms with van der Waals surface area (Å²) in [5.74, 6) is 0.644. The number of pyridine rings is 1. The normalized spacial score (nSPS) is 17.0. The van der Waals surface area contributed by atoms with E-state index in [0.717, 1.165) is 35.5 Å². The van der Waals surface area contributed by atoms with Gasteiger partial charge in [0, 0.05) is 54.7 Å². The number of hydrogen-bond donors (Lipinski definition) is 2. The lowest BCUT2D eigenvalue weighted by Gasteiger charge is -2.21. The molecule has 1 atom stereocenters. The van der Waals surface area contributed by atoms with E-state index in [0.29, 0.717) is 47.0 Å². The third-order valence-electron chi connectivity index (χ3n) is 6.90. The molecule has 36 heavy (non-hydrogen) atoms. The minimum atomic E-state index is -0.365. The molecular weight excluding hydrogens is 459 g/mol. The fourth-order valence-corrected chi connectivity index (χ4v) is 4.87. The molecule has 0 radical (unpaired) electrons. The number of fused-ring (bicyclic) bond motifs is 2. The number of anilines is 3. The van der Waals surface area contributed by atoms with Gasteiger partial charge in [0.1, 0.15) is 18.1 Å². The minimum Gasteiger partial charge on any atom is -0.474 e. The summed E-state index contributed by atoms with van der Waals surface area (Å²) in [4.78, 5) is 27.4. The molecule has 182 valence electrons. The van der Waals surface area contributed by atoms with Crippen molar-refractivity contribution in [2.24, 2.45) is 0 Å². The van der Waals surface area contributed by atoms with E-state index in [4.69, 9.17) is 4.74 Å². The fourth-order valence-electron chi connectivity index (χ4n) is 4.87. The van der Waals surface area contributed by atoms with E-state index in [1.807, 2.05) is 38.2 Å². The number of likely N-dealkylation sites (tertiary alicyclic amines) is 1. The Morgan fingerprint density at radius 3 is 2.75 bits per heavy atom. The van der Waals surface area contributed by atoms with Gasteiger partial charge in [-0.05, 0) is 48.7 Å². The summed E-state index contributed by atoms with van der Waals surface area (Å²) in [7, 11) is 1.83. The molecule has 1 saturated heterocycles. The van der Waals surface area contributed by atoms with Gasteiger partial charge in [0.2, 0.25) is 17.7 Å². The van der Waals surface area contributed by atoms with Gasteiger partial charge in [-0.3, -0.25) is 4.79 Å². The minimum absolute atomic E-state index is 0.0856. The van der Waals surface area contributed by atoms with Gasteiger partial charge in [0.05, 0.1) is 11.4 Å². The molecule has 8 nitrogen and oxygen atoms in total. The lowest BCUT2D eigenvalue weighted by atomic mass is 9.97. The van der Waals surface area contributed by atoms with Gasteiger partial charge in [0.25, 0.3) is 0 Å². The first-order valence-electron chi connectivity index (χ1n) is 11.9. The first-order valence-corrected chi connectivity index (χ1v) is 11.9. The number of rotatable bonds is 4. The molecule has 0 unspecified atom stereocenters. The first kappa shape index (κ1) is 22.2. The Bertz CT molecular complexity index is 1490. The van der Waals surface area contributed by atoms with Crippen LogP contribution in [-0.4, -0.2) is 52.5 Å². The second-order valence-electron chi connectivity index (χ2n) is 9.18. The summed E-state index contributed by atoms with van der Waals surface area (Å²) in [6.45, 7) is 3.93. The highest BCUT2D eigenvalue weighted by Gasteiger charge is 2.30. The zero-order chi connectivity index (χ0) is 24.8. The Kier molecular flexibility index (Phi) is 5.40. The monoisotopic (exact) mass is 484 g/mol. The fraction of sp³-hybridized carbons (Fsp3) is 0.259. The predicted molar refractivity (Wildman–Crippen MR) is 136 cm³/mol. The van der Waals surface area contributed by atoms with Crippen molar-refractivity contribution >= 4 is 34.1 Å². The van der Waals surface area contributed by atoms with Crippen LogP contribution < -0.4 is 15.4 Å². The summed E-state index contributed by atoms with van der Waals surface area (Å²) in [6, 6.07) is 10.9. The quantitative estimate of drug-likeness (QED) is 0.436. The molecule has 2 aliphatic rings. The number of benzene rings is 2. The average Bonchev–Trinajstić information content (AvgIpc) is 3.23. The van der Waals surface area contributed by atoms with Gasteiger partial charge in [-0.25, -0.2) is 19.3 Å². The highest BCUT2D eigenvalue weighted by molar-refractivity contribution is 5.87. The van der Waals surface area contributed by atoms with Crippen molar-refractivity contribution < 1.29 is 13.9 Å². The van der Waals surface area contributed by atoms with Gasteiger partial charge in [-0.15, -0.1) is 0 Å².